The molecule has 178 valence electrons. The molecule has 1 saturated heterocycles. The number of thioether (sulfide) groups is 1. The minimum atomic E-state index is -1.23. The van der Waals surface area contributed by atoms with Crippen LogP contribution >= 0.6 is 11.8 Å². The summed E-state index contributed by atoms with van der Waals surface area (Å²) >= 11 is 1.09. The maximum Gasteiger partial charge on any atom is 0.303 e. The summed E-state index contributed by atoms with van der Waals surface area (Å²) in [5.41, 5.74) is -0.241. The Hall–Kier alpha value is -3.19. The molecule has 0 amide bonds. The van der Waals surface area contributed by atoms with E-state index in [2.05, 4.69) is 9.97 Å². The SMILES string of the molecule is CC(=O)OC[C@H]1O[C@@H](Sc2ncc3cnccn23)[C@H](OC(C)=O)[C@@H](OC(C)=O)[C@@H]1OC(C)=O. The quantitative estimate of drug-likeness (QED) is 0.409. The zero-order valence-electron chi connectivity index (χ0n) is 18.3. The van der Waals surface area contributed by atoms with E-state index in [4.69, 9.17) is 23.7 Å². The number of rotatable bonds is 7. The number of ether oxygens (including phenoxy) is 5. The van der Waals surface area contributed by atoms with Crippen LogP contribution in [0.4, 0.5) is 0 Å². The van der Waals surface area contributed by atoms with Crippen LogP contribution in [-0.4, -0.2) is 74.7 Å². The number of aromatic nitrogens is 3. The predicted octanol–water partition coefficient (Wildman–Crippen LogP) is 0.904. The third-order valence-corrected chi connectivity index (χ3v) is 5.59. The molecule has 0 bridgehead atoms. The number of hydrogen-bond acceptors (Lipinski definition) is 12. The van der Waals surface area contributed by atoms with Crippen LogP contribution in [0.1, 0.15) is 27.7 Å². The highest BCUT2D eigenvalue weighted by atomic mass is 32.2. The van der Waals surface area contributed by atoms with Crippen LogP contribution in [0, 0.1) is 0 Å². The Kier molecular flexibility index (Phi) is 7.87. The van der Waals surface area contributed by atoms with Crippen LogP contribution in [-0.2, 0) is 42.9 Å². The Morgan fingerprint density at radius 3 is 2.21 bits per heavy atom. The van der Waals surface area contributed by atoms with Crippen molar-refractivity contribution in [1.82, 2.24) is 14.4 Å². The van der Waals surface area contributed by atoms with Crippen molar-refractivity contribution in [3.8, 4) is 0 Å². The fourth-order valence-electron chi connectivity index (χ4n) is 3.30. The lowest BCUT2D eigenvalue weighted by Crippen LogP contribution is -2.61. The Balaban J connectivity index is 2.00. The summed E-state index contributed by atoms with van der Waals surface area (Å²) in [7, 11) is 0. The first-order valence-corrected chi connectivity index (χ1v) is 10.8. The van der Waals surface area contributed by atoms with Crippen molar-refractivity contribution in [3.05, 3.63) is 24.8 Å². The lowest BCUT2D eigenvalue weighted by molar-refractivity contribution is -0.237. The third kappa shape index (κ3) is 6.20. The topological polar surface area (TPSA) is 145 Å². The molecule has 12 nitrogen and oxygen atoms in total. The van der Waals surface area contributed by atoms with Crippen molar-refractivity contribution in [2.24, 2.45) is 0 Å². The first kappa shape index (κ1) is 24.5. The summed E-state index contributed by atoms with van der Waals surface area (Å²) in [6.07, 6.45) is 1.87. The van der Waals surface area contributed by atoms with Gasteiger partial charge in [0.2, 0.25) is 0 Å². The van der Waals surface area contributed by atoms with E-state index in [1.54, 1.807) is 29.2 Å². The molecule has 1 aliphatic rings. The number of nitrogens with zero attached hydrogens (tertiary/aromatic N) is 3. The van der Waals surface area contributed by atoms with Crippen LogP contribution < -0.4 is 0 Å². The highest BCUT2D eigenvalue weighted by molar-refractivity contribution is 7.99. The molecule has 2 aromatic rings. The number of hydrogen-bond donors (Lipinski definition) is 0. The average molecular weight is 481 g/mol. The molecule has 0 aromatic carbocycles. The standard InChI is InChI=1S/C20H23N3O9S/c1-10(24)28-9-15-16(29-11(2)25)17(30-12(3)26)18(31-13(4)27)19(32-15)33-20-22-8-14-7-21-5-6-23(14)20/h5-8,15-19H,9H2,1-4H3/t15-,16-,17+,18-,19+/m1/s1. The van der Waals surface area contributed by atoms with Gasteiger partial charge in [0.05, 0.1) is 17.9 Å². The number of fused-ring (bicyclic) bond motifs is 1. The van der Waals surface area contributed by atoms with Gasteiger partial charge in [0.15, 0.2) is 28.9 Å². The maximum atomic E-state index is 11.9. The van der Waals surface area contributed by atoms with Crippen molar-refractivity contribution in [3.63, 3.8) is 0 Å². The van der Waals surface area contributed by atoms with Gasteiger partial charge in [0.25, 0.3) is 0 Å². The Morgan fingerprint density at radius 1 is 0.939 bits per heavy atom. The molecule has 0 aliphatic carbocycles. The van der Waals surface area contributed by atoms with Gasteiger partial charge in [-0.3, -0.25) is 28.6 Å². The predicted molar refractivity (Wildman–Crippen MR) is 111 cm³/mol. The van der Waals surface area contributed by atoms with Gasteiger partial charge in [-0.25, -0.2) is 4.98 Å². The van der Waals surface area contributed by atoms with E-state index in [9.17, 15) is 19.2 Å². The number of carbonyl (C=O) groups is 4. The summed E-state index contributed by atoms with van der Waals surface area (Å²) in [4.78, 5) is 55.3. The zero-order chi connectivity index (χ0) is 24.1. The second kappa shape index (κ2) is 10.6. The molecule has 1 fully saturated rings. The van der Waals surface area contributed by atoms with Crippen molar-refractivity contribution in [2.45, 2.75) is 62.7 Å². The monoisotopic (exact) mass is 481 g/mol. The Labute approximate surface area is 192 Å². The van der Waals surface area contributed by atoms with Crippen molar-refractivity contribution in [2.75, 3.05) is 6.61 Å². The van der Waals surface area contributed by atoms with Crippen LogP contribution in [0.5, 0.6) is 0 Å². The molecule has 0 radical (unpaired) electrons. The molecule has 33 heavy (non-hydrogen) atoms. The van der Waals surface area contributed by atoms with Crippen LogP contribution in [0.2, 0.25) is 0 Å². The van der Waals surface area contributed by atoms with Gasteiger partial charge in [-0.15, -0.1) is 0 Å². The van der Waals surface area contributed by atoms with Gasteiger partial charge in [0, 0.05) is 40.1 Å². The molecular formula is C20H23N3O9S. The first-order chi connectivity index (χ1) is 15.7. The van der Waals surface area contributed by atoms with E-state index < -0.39 is 53.7 Å². The second-order valence-electron chi connectivity index (χ2n) is 7.10. The normalized spacial score (nSPS) is 24.7. The second-order valence-corrected chi connectivity index (χ2v) is 8.16. The van der Waals surface area contributed by atoms with Crippen LogP contribution in [0.25, 0.3) is 5.52 Å². The molecule has 3 rings (SSSR count). The van der Waals surface area contributed by atoms with Gasteiger partial charge in [-0.05, 0) is 0 Å². The van der Waals surface area contributed by atoms with Gasteiger partial charge < -0.3 is 23.7 Å². The van der Waals surface area contributed by atoms with E-state index in [-0.39, 0.29) is 6.61 Å². The van der Waals surface area contributed by atoms with E-state index in [1.165, 1.54) is 27.7 Å². The summed E-state index contributed by atoms with van der Waals surface area (Å²) < 4.78 is 29.1. The highest BCUT2D eigenvalue weighted by Gasteiger charge is 2.52. The van der Waals surface area contributed by atoms with E-state index >= 15 is 0 Å². The van der Waals surface area contributed by atoms with Crippen molar-refractivity contribution < 1.29 is 42.9 Å². The summed E-state index contributed by atoms with van der Waals surface area (Å²) in [6, 6.07) is 0. The zero-order valence-corrected chi connectivity index (χ0v) is 19.1. The fraction of sp³-hybridized carbons (Fsp3) is 0.500. The molecule has 0 saturated carbocycles. The summed E-state index contributed by atoms with van der Waals surface area (Å²) in [5, 5.41) is 0.480. The average Bonchev–Trinajstić information content (AvgIpc) is 3.13. The molecule has 13 heteroatoms. The number of esters is 4. The summed E-state index contributed by atoms with van der Waals surface area (Å²) in [6.45, 7) is 4.45. The lowest BCUT2D eigenvalue weighted by Gasteiger charge is -2.43. The molecule has 3 heterocycles. The number of imidazole rings is 1. The van der Waals surface area contributed by atoms with Crippen LogP contribution in [0.15, 0.2) is 29.9 Å². The molecule has 1 aliphatic heterocycles. The Bertz CT molecular complexity index is 1040. The summed E-state index contributed by atoms with van der Waals surface area (Å²) in [5.74, 6) is -2.62. The highest BCUT2D eigenvalue weighted by Crippen LogP contribution is 2.37. The number of carbonyl (C=O) groups excluding carboxylic acids is 4. The molecular weight excluding hydrogens is 458 g/mol. The molecule has 0 N–H and O–H groups in total. The Morgan fingerprint density at radius 2 is 1.58 bits per heavy atom. The minimum absolute atomic E-state index is 0.291. The smallest absolute Gasteiger partial charge is 0.303 e. The van der Waals surface area contributed by atoms with E-state index in [0.717, 1.165) is 11.8 Å². The third-order valence-electron chi connectivity index (χ3n) is 4.47. The maximum absolute atomic E-state index is 11.9. The molecule has 0 unspecified atom stereocenters. The van der Waals surface area contributed by atoms with E-state index in [0.29, 0.717) is 10.7 Å². The molecule has 5 atom stereocenters. The van der Waals surface area contributed by atoms with Gasteiger partial charge in [-0.2, -0.15) is 0 Å². The lowest BCUT2D eigenvalue weighted by atomic mass is 9.99. The minimum Gasteiger partial charge on any atom is -0.463 e. The van der Waals surface area contributed by atoms with Crippen molar-refractivity contribution in [1.29, 1.82) is 0 Å². The fourth-order valence-corrected chi connectivity index (χ4v) is 4.44. The molecule has 0 spiro atoms. The van der Waals surface area contributed by atoms with Gasteiger partial charge in [0.1, 0.15) is 12.7 Å². The van der Waals surface area contributed by atoms with Crippen LogP contribution in [0.3, 0.4) is 0 Å². The first-order valence-electron chi connectivity index (χ1n) is 9.90. The van der Waals surface area contributed by atoms with E-state index in [1.807, 2.05) is 0 Å². The van der Waals surface area contributed by atoms with Gasteiger partial charge >= 0.3 is 23.9 Å². The van der Waals surface area contributed by atoms with Gasteiger partial charge in [-0.1, -0.05) is 11.8 Å². The largest absolute Gasteiger partial charge is 0.463 e. The molecule has 2 aromatic heterocycles. The van der Waals surface area contributed by atoms with Crippen molar-refractivity contribution >= 4 is 41.2 Å².